The highest BCUT2D eigenvalue weighted by molar-refractivity contribution is 7.07. The Hall–Kier alpha value is -0.830. The molecule has 0 saturated carbocycles. The zero-order chi connectivity index (χ0) is 15.2. The van der Waals surface area contributed by atoms with Crippen LogP contribution in [0.25, 0.3) is 12.7 Å². The second kappa shape index (κ2) is 7.82. The second-order valence-corrected chi connectivity index (χ2v) is 7.71. The van der Waals surface area contributed by atoms with Gasteiger partial charge in [-0.1, -0.05) is 72.5 Å². The van der Waals surface area contributed by atoms with Gasteiger partial charge in [-0.2, -0.15) is 0 Å². The van der Waals surface area contributed by atoms with Crippen LogP contribution >= 0.6 is 11.3 Å². The number of rotatable bonds is 7. The Bertz CT molecular complexity index is 559. The van der Waals surface area contributed by atoms with Gasteiger partial charge in [-0.3, -0.25) is 9.36 Å². The molecule has 20 heavy (non-hydrogen) atoms. The lowest BCUT2D eigenvalue weighted by atomic mass is 9.97. The minimum Gasteiger partial charge on any atom is -0.299 e. The molecule has 0 atom stereocenters. The van der Waals surface area contributed by atoms with E-state index < -0.39 is 0 Å². The van der Waals surface area contributed by atoms with Gasteiger partial charge < -0.3 is 0 Å². The van der Waals surface area contributed by atoms with Crippen LogP contribution in [0.5, 0.6) is 0 Å². The Morgan fingerprint density at radius 2 is 1.75 bits per heavy atom. The normalized spacial score (nSPS) is 13.1. The third-order valence-corrected chi connectivity index (χ3v) is 4.25. The predicted octanol–water partition coefficient (Wildman–Crippen LogP) is 3.51. The second-order valence-electron chi connectivity index (χ2n) is 6.59. The standard InChI is InChI=1S/C17H29NOS/c1-6-7-8-9-10-11-12-18-14(2)20-15(16(18)19)13-17(3,4)5/h13H,2,6-12H2,1,3-5H3/b15-13-. The molecule has 0 fully saturated rings. The number of hydrogen-bond acceptors (Lipinski definition) is 2. The first-order valence-corrected chi connectivity index (χ1v) is 8.58. The first kappa shape index (κ1) is 17.2. The fourth-order valence-electron chi connectivity index (χ4n) is 2.23. The van der Waals surface area contributed by atoms with Crippen molar-refractivity contribution >= 4 is 24.0 Å². The van der Waals surface area contributed by atoms with E-state index >= 15 is 0 Å². The summed E-state index contributed by atoms with van der Waals surface area (Å²) in [6, 6.07) is 0. The van der Waals surface area contributed by atoms with Crippen LogP contribution in [-0.2, 0) is 6.54 Å². The van der Waals surface area contributed by atoms with Crippen molar-refractivity contribution in [2.24, 2.45) is 5.41 Å². The van der Waals surface area contributed by atoms with E-state index in [1.54, 1.807) is 0 Å². The van der Waals surface area contributed by atoms with Crippen LogP contribution in [0.15, 0.2) is 4.79 Å². The Labute approximate surface area is 126 Å². The molecule has 0 radical (unpaired) electrons. The van der Waals surface area contributed by atoms with Gasteiger partial charge in [-0.15, -0.1) is 11.3 Å². The van der Waals surface area contributed by atoms with E-state index in [0.717, 1.165) is 22.2 Å². The molecule has 1 aromatic rings. The average Bonchev–Trinajstić information content (AvgIpc) is 2.58. The van der Waals surface area contributed by atoms with Crippen LogP contribution in [0, 0.1) is 5.41 Å². The van der Waals surface area contributed by atoms with E-state index in [0.29, 0.717) is 0 Å². The minimum absolute atomic E-state index is 0.0361. The molecule has 0 saturated heterocycles. The first-order chi connectivity index (χ1) is 9.35. The SMILES string of the molecule is C=c1s/c(=C\C(C)(C)C)c(=O)n1CCCCCCCC. The first-order valence-electron chi connectivity index (χ1n) is 7.76. The lowest BCUT2D eigenvalue weighted by Crippen LogP contribution is -2.31. The summed E-state index contributed by atoms with van der Waals surface area (Å²) in [5.74, 6) is 0. The van der Waals surface area contributed by atoms with E-state index in [9.17, 15) is 4.79 Å². The van der Waals surface area contributed by atoms with Crippen molar-refractivity contribution in [2.75, 3.05) is 0 Å². The Kier molecular flexibility index (Phi) is 6.74. The van der Waals surface area contributed by atoms with E-state index in [4.69, 9.17) is 0 Å². The van der Waals surface area contributed by atoms with Crippen molar-refractivity contribution in [2.45, 2.75) is 72.8 Å². The fourth-order valence-corrected chi connectivity index (χ4v) is 3.38. The van der Waals surface area contributed by atoms with Crippen LogP contribution in [0.2, 0.25) is 0 Å². The number of aromatic nitrogens is 1. The summed E-state index contributed by atoms with van der Waals surface area (Å²) < 4.78 is 3.58. The molecular formula is C17H29NOS. The monoisotopic (exact) mass is 295 g/mol. The van der Waals surface area contributed by atoms with Crippen molar-refractivity contribution in [1.29, 1.82) is 0 Å². The molecule has 1 heterocycles. The van der Waals surface area contributed by atoms with Crippen molar-refractivity contribution in [1.82, 2.24) is 4.57 Å². The Morgan fingerprint density at radius 3 is 2.35 bits per heavy atom. The molecule has 0 spiro atoms. The number of nitrogens with zero attached hydrogens (tertiary/aromatic N) is 1. The zero-order valence-corrected chi connectivity index (χ0v) is 14.3. The third kappa shape index (κ3) is 5.66. The average molecular weight is 295 g/mol. The molecule has 1 aromatic heterocycles. The maximum Gasteiger partial charge on any atom is 0.268 e. The quantitative estimate of drug-likeness (QED) is 0.706. The molecule has 3 heteroatoms. The minimum atomic E-state index is 0.0361. The molecule has 114 valence electrons. The van der Waals surface area contributed by atoms with Crippen LogP contribution in [0.4, 0.5) is 0 Å². The molecule has 0 aromatic carbocycles. The number of unbranched alkanes of at least 4 members (excludes halogenated alkanes) is 5. The molecule has 0 N–H and O–H groups in total. The van der Waals surface area contributed by atoms with Gasteiger partial charge in [-0.05, 0) is 11.8 Å². The third-order valence-electron chi connectivity index (χ3n) is 3.28. The molecule has 2 nitrogen and oxygen atoms in total. The largest absolute Gasteiger partial charge is 0.299 e. The lowest BCUT2D eigenvalue weighted by molar-refractivity contribution is 0.547. The predicted molar refractivity (Wildman–Crippen MR) is 90.6 cm³/mol. The van der Waals surface area contributed by atoms with E-state index in [-0.39, 0.29) is 11.0 Å². The highest BCUT2D eigenvalue weighted by Crippen LogP contribution is 2.13. The van der Waals surface area contributed by atoms with E-state index in [1.807, 2.05) is 4.57 Å². The molecule has 0 amide bonds. The van der Waals surface area contributed by atoms with Crippen LogP contribution in [-0.4, -0.2) is 4.57 Å². The van der Waals surface area contributed by atoms with Crippen LogP contribution < -0.4 is 14.8 Å². The summed E-state index contributed by atoms with van der Waals surface area (Å²) >= 11 is 1.52. The van der Waals surface area contributed by atoms with Gasteiger partial charge in [0.2, 0.25) is 0 Å². The topological polar surface area (TPSA) is 22.0 Å². The van der Waals surface area contributed by atoms with Crippen molar-refractivity contribution in [3.8, 4) is 0 Å². The van der Waals surface area contributed by atoms with Crippen molar-refractivity contribution in [3.63, 3.8) is 0 Å². The van der Waals surface area contributed by atoms with E-state index in [1.165, 1.54) is 43.4 Å². The summed E-state index contributed by atoms with van der Waals surface area (Å²) in [5, 5.41) is 0. The summed E-state index contributed by atoms with van der Waals surface area (Å²) in [7, 11) is 0. The Balaban J connectivity index is 2.67. The van der Waals surface area contributed by atoms with Gasteiger partial charge in [0.1, 0.15) is 0 Å². The van der Waals surface area contributed by atoms with Gasteiger partial charge in [0.25, 0.3) is 5.56 Å². The van der Waals surface area contributed by atoms with Crippen molar-refractivity contribution < 1.29 is 0 Å². The van der Waals surface area contributed by atoms with Gasteiger partial charge in [0, 0.05) is 6.54 Å². The molecule has 0 unspecified atom stereocenters. The summed E-state index contributed by atoms with van der Waals surface area (Å²) in [5.41, 5.74) is 0.178. The molecule has 0 bridgehead atoms. The summed E-state index contributed by atoms with van der Waals surface area (Å²) in [4.78, 5) is 12.3. The smallest absolute Gasteiger partial charge is 0.268 e. The maximum atomic E-state index is 12.3. The highest BCUT2D eigenvalue weighted by Gasteiger charge is 2.09. The van der Waals surface area contributed by atoms with Gasteiger partial charge in [0.05, 0.1) is 9.20 Å². The summed E-state index contributed by atoms with van der Waals surface area (Å²) in [6.07, 6.45) is 9.54. The maximum absolute atomic E-state index is 12.3. The molecular weight excluding hydrogens is 266 g/mol. The van der Waals surface area contributed by atoms with E-state index in [2.05, 4.69) is 40.3 Å². The number of thiazole rings is 1. The fraction of sp³-hybridized carbons (Fsp3) is 0.706. The summed E-state index contributed by atoms with van der Waals surface area (Å²) in [6.45, 7) is 13.4. The molecule has 1 rings (SSSR count). The van der Waals surface area contributed by atoms with Gasteiger partial charge in [-0.25, -0.2) is 0 Å². The highest BCUT2D eigenvalue weighted by atomic mass is 32.1. The van der Waals surface area contributed by atoms with Gasteiger partial charge >= 0.3 is 0 Å². The Morgan fingerprint density at radius 1 is 1.15 bits per heavy atom. The van der Waals surface area contributed by atoms with Gasteiger partial charge in [0.15, 0.2) is 0 Å². The molecule has 0 aliphatic rings. The molecule has 0 aliphatic heterocycles. The van der Waals surface area contributed by atoms with Crippen LogP contribution in [0.3, 0.4) is 0 Å². The molecule has 0 aliphatic carbocycles. The number of hydrogen-bond donors (Lipinski definition) is 0. The van der Waals surface area contributed by atoms with Crippen LogP contribution in [0.1, 0.15) is 66.2 Å². The zero-order valence-electron chi connectivity index (χ0n) is 13.5. The lowest BCUT2D eigenvalue weighted by Gasteiger charge is -2.09. The van der Waals surface area contributed by atoms with Crippen molar-refractivity contribution in [3.05, 3.63) is 19.5 Å².